The van der Waals surface area contributed by atoms with Gasteiger partial charge in [-0.1, -0.05) is 17.7 Å². The Kier molecular flexibility index (Phi) is 4.09. The Morgan fingerprint density at radius 2 is 2.11 bits per heavy atom. The van der Waals surface area contributed by atoms with E-state index in [0.29, 0.717) is 10.8 Å². The normalized spacial score (nSPS) is 16.7. The lowest BCUT2D eigenvalue weighted by atomic mass is 10.1. The molecule has 1 fully saturated rings. The van der Waals surface area contributed by atoms with E-state index in [1.54, 1.807) is 25.3 Å². The molecule has 0 saturated carbocycles. The second kappa shape index (κ2) is 5.59. The number of nitrogens with zero attached hydrogens (tertiary/aromatic N) is 1. The van der Waals surface area contributed by atoms with Crippen molar-refractivity contribution >= 4 is 17.5 Å². The van der Waals surface area contributed by atoms with Crippen LogP contribution in [0.3, 0.4) is 0 Å². The number of carbonyl (C=O) groups excluding carboxylic acids is 1. The van der Waals surface area contributed by atoms with Crippen molar-refractivity contribution in [2.45, 2.75) is 18.9 Å². The third kappa shape index (κ3) is 2.60. The van der Waals surface area contributed by atoms with Crippen LogP contribution in [0.4, 0.5) is 0 Å². The molecule has 1 aromatic rings. The summed E-state index contributed by atoms with van der Waals surface area (Å²) in [5.41, 5.74) is 6.71. The van der Waals surface area contributed by atoms with Gasteiger partial charge in [0.05, 0.1) is 12.1 Å². The van der Waals surface area contributed by atoms with Crippen molar-refractivity contribution in [1.82, 2.24) is 4.90 Å². The second-order valence-electron chi connectivity index (χ2n) is 4.40. The van der Waals surface area contributed by atoms with Crippen molar-refractivity contribution < 1.29 is 9.53 Å². The summed E-state index contributed by atoms with van der Waals surface area (Å²) < 4.78 is 5.07. The molecule has 1 aliphatic rings. The van der Waals surface area contributed by atoms with Crippen LogP contribution in [0.2, 0.25) is 5.02 Å². The number of carbonyl (C=O) groups is 1. The molecule has 1 heterocycles. The minimum absolute atomic E-state index is 0.0336. The molecule has 1 aromatic carbocycles. The molecule has 1 atom stereocenters. The molecule has 0 aliphatic carbocycles. The molecular formula is C13H17ClN2O2. The van der Waals surface area contributed by atoms with E-state index in [4.69, 9.17) is 22.1 Å². The first kappa shape index (κ1) is 13.2. The van der Waals surface area contributed by atoms with Crippen LogP contribution in [0.5, 0.6) is 5.75 Å². The molecule has 2 rings (SSSR count). The summed E-state index contributed by atoms with van der Waals surface area (Å²) in [4.78, 5) is 13.9. The van der Waals surface area contributed by atoms with Crippen LogP contribution in [0.15, 0.2) is 18.2 Å². The fourth-order valence-corrected chi connectivity index (χ4v) is 2.42. The lowest BCUT2D eigenvalue weighted by Gasteiger charge is -2.20. The van der Waals surface area contributed by atoms with Gasteiger partial charge in [0.1, 0.15) is 11.8 Å². The lowest BCUT2D eigenvalue weighted by Crippen LogP contribution is -2.36. The predicted molar refractivity (Wildman–Crippen MR) is 70.7 cm³/mol. The maximum atomic E-state index is 12.1. The van der Waals surface area contributed by atoms with Gasteiger partial charge in [0.2, 0.25) is 5.91 Å². The molecule has 0 spiro atoms. The molecule has 0 bridgehead atoms. The van der Waals surface area contributed by atoms with E-state index in [-0.39, 0.29) is 5.91 Å². The number of rotatable bonds is 3. The van der Waals surface area contributed by atoms with Crippen LogP contribution in [-0.4, -0.2) is 31.0 Å². The average Bonchev–Trinajstić information content (AvgIpc) is 2.90. The molecule has 18 heavy (non-hydrogen) atoms. The molecule has 0 aromatic heterocycles. The SMILES string of the molecule is COc1ccc(C(N)C(=O)N2CCCC2)cc1Cl. The highest BCUT2D eigenvalue weighted by Crippen LogP contribution is 2.28. The standard InChI is InChI=1S/C13H17ClN2O2/c1-18-11-5-4-9(8-10(11)14)12(15)13(17)16-6-2-3-7-16/h4-5,8,12H,2-3,6-7,15H2,1H3. The van der Waals surface area contributed by atoms with Gasteiger partial charge in [-0.3, -0.25) is 4.79 Å². The monoisotopic (exact) mass is 268 g/mol. The van der Waals surface area contributed by atoms with E-state index in [2.05, 4.69) is 0 Å². The zero-order valence-corrected chi connectivity index (χ0v) is 11.1. The number of hydrogen-bond acceptors (Lipinski definition) is 3. The van der Waals surface area contributed by atoms with E-state index in [0.717, 1.165) is 31.5 Å². The fraction of sp³-hybridized carbons (Fsp3) is 0.462. The Morgan fingerprint density at radius 3 is 2.67 bits per heavy atom. The van der Waals surface area contributed by atoms with E-state index < -0.39 is 6.04 Å². The summed E-state index contributed by atoms with van der Waals surface area (Å²) in [6, 6.07) is 4.56. The van der Waals surface area contributed by atoms with E-state index in [9.17, 15) is 4.79 Å². The Labute approximate surface area is 112 Å². The Balaban J connectivity index is 2.15. The maximum absolute atomic E-state index is 12.1. The Hall–Kier alpha value is -1.26. The number of methoxy groups -OCH3 is 1. The van der Waals surface area contributed by atoms with Crippen molar-refractivity contribution in [2.24, 2.45) is 5.73 Å². The zero-order chi connectivity index (χ0) is 13.1. The molecule has 0 radical (unpaired) electrons. The smallest absolute Gasteiger partial charge is 0.244 e. The summed E-state index contributed by atoms with van der Waals surface area (Å²) >= 11 is 6.03. The lowest BCUT2D eigenvalue weighted by molar-refractivity contribution is -0.131. The van der Waals surface area contributed by atoms with Gasteiger partial charge < -0.3 is 15.4 Å². The number of amides is 1. The molecule has 1 unspecified atom stereocenters. The zero-order valence-electron chi connectivity index (χ0n) is 10.4. The van der Waals surface area contributed by atoms with Gasteiger partial charge in [0.15, 0.2) is 0 Å². The predicted octanol–water partition coefficient (Wildman–Crippen LogP) is 1.97. The minimum atomic E-state index is -0.647. The van der Waals surface area contributed by atoms with Gasteiger partial charge in [-0.2, -0.15) is 0 Å². The molecule has 1 amide bonds. The molecule has 1 aliphatic heterocycles. The van der Waals surface area contributed by atoms with Crippen LogP contribution in [0, 0.1) is 0 Å². The Morgan fingerprint density at radius 1 is 1.44 bits per heavy atom. The number of benzene rings is 1. The summed E-state index contributed by atoms with van der Waals surface area (Å²) in [7, 11) is 1.55. The van der Waals surface area contributed by atoms with Gasteiger partial charge in [0.25, 0.3) is 0 Å². The second-order valence-corrected chi connectivity index (χ2v) is 4.81. The fourth-order valence-electron chi connectivity index (χ4n) is 2.15. The van der Waals surface area contributed by atoms with Gasteiger partial charge in [-0.05, 0) is 30.5 Å². The van der Waals surface area contributed by atoms with Crippen molar-refractivity contribution in [2.75, 3.05) is 20.2 Å². The Bertz CT molecular complexity index is 445. The molecule has 4 nitrogen and oxygen atoms in total. The molecule has 98 valence electrons. The van der Waals surface area contributed by atoms with Crippen molar-refractivity contribution in [1.29, 1.82) is 0 Å². The first-order chi connectivity index (χ1) is 8.63. The average molecular weight is 269 g/mol. The highest BCUT2D eigenvalue weighted by Gasteiger charge is 2.25. The summed E-state index contributed by atoms with van der Waals surface area (Å²) in [5, 5.41) is 0.472. The largest absolute Gasteiger partial charge is 0.495 e. The van der Waals surface area contributed by atoms with Crippen LogP contribution in [0.25, 0.3) is 0 Å². The highest BCUT2D eigenvalue weighted by atomic mass is 35.5. The first-order valence-corrected chi connectivity index (χ1v) is 6.39. The van der Waals surface area contributed by atoms with E-state index >= 15 is 0 Å². The molecule has 5 heteroatoms. The van der Waals surface area contributed by atoms with Gasteiger partial charge in [-0.25, -0.2) is 0 Å². The summed E-state index contributed by atoms with van der Waals surface area (Å²) in [6.07, 6.45) is 2.11. The van der Waals surface area contributed by atoms with E-state index in [1.807, 2.05) is 4.90 Å². The quantitative estimate of drug-likeness (QED) is 0.912. The number of nitrogens with two attached hydrogens (primary N) is 1. The summed E-state index contributed by atoms with van der Waals surface area (Å²) in [6.45, 7) is 1.60. The highest BCUT2D eigenvalue weighted by molar-refractivity contribution is 6.32. The molecule has 1 saturated heterocycles. The topological polar surface area (TPSA) is 55.6 Å². The van der Waals surface area contributed by atoms with Crippen LogP contribution in [-0.2, 0) is 4.79 Å². The van der Waals surface area contributed by atoms with Gasteiger partial charge in [-0.15, -0.1) is 0 Å². The van der Waals surface area contributed by atoms with Crippen molar-refractivity contribution in [3.05, 3.63) is 28.8 Å². The third-order valence-electron chi connectivity index (χ3n) is 3.22. The number of halogens is 1. The van der Waals surface area contributed by atoms with Crippen LogP contribution in [0.1, 0.15) is 24.4 Å². The van der Waals surface area contributed by atoms with E-state index in [1.165, 1.54) is 0 Å². The molecular weight excluding hydrogens is 252 g/mol. The number of hydrogen-bond donors (Lipinski definition) is 1. The minimum Gasteiger partial charge on any atom is -0.495 e. The van der Waals surface area contributed by atoms with Crippen LogP contribution >= 0.6 is 11.6 Å². The maximum Gasteiger partial charge on any atom is 0.244 e. The number of likely N-dealkylation sites (tertiary alicyclic amines) is 1. The third-order valence-corrected chi connectivity index (χ3v) is 3.51. The van der Waals surface area contributed by atoms with Crippen molar-refractivity contribution in [3.63, 3.8) is 0 Å². The van der Waals surface area contributed by atoms with Crippen LogP contribution < -0.4 is 10.5 Å². The van der Waals surface area contributed by atoms with Gasteiger partial charge >= 0.3 is 0 Å². The molecule has 2 N–H and O–H groups in total. The van der Waals surface area contributed by atoms with Crippen molar-refractivity contribution in [3.8, 4) is 5.75 Å². The summed E-state index contributed by atoms with van der Waals surface area (Å²) in [5.74, 6) is 0.551. The first-order valence-electron chi connectivity index (χ1n) is 6.01. The number of ether oxygens (including phenoxy) is 1. The van der Waals surface area contributed by atoms with Gasteiger partial charge in [0, 0.05) is 13.1 Å².